The van der Waals surface area contributed by atoms with Crippen molar-refractivity contribution in [3.05, 3.63) is 5.03 Å². The summed E-state index contributed by atoms with van der Waals surface area (Å²) in [5.74, 6) is -0.451. The summed E-state index contributed by atoms with van der Waals surface area (Å²) in [6.07, 6.45) is 0. The van der Waals surface area contributed by atoms with E-state index in [1.165, 1.54) is 0 Å². The highest BCUT2D eigenvalue weighted by molar-refractivity contribution is 6.44. The van der Waals surface area contributed by atoms with Gasteiger partial charge in [-0.2, -0.15) is 0 Å². The van der Waals surface area contributed by atoms with Gasteiger partial charge in [-0.3, -0.25) is 0 Å². The second-order valence-electron chi connectivity index (χ2n) is 0.721. The topological polar surface area (TPSA) is 54.4 Å². The molecule has 0 aliphatic heterocycles. The Morgan fingerprint density at radius 2 is 2.14 bits per heavy atom. The second kappa shape index (κ2) is 2.39. The van der Waals surface area contributed by atoms with Crippen LogP contribution in [0.3, 0.4) is 0 Å². The fourth-order valence-corrected chi connectivity index (χ4v) is 0.0437. The summed E-state index contributed by atoms with van der Waals surface area (Å²) in [5.41, 5.74) is 0. The summed E-state index contributed by atoms with van der Waals surface area (Å²) >= 11 is 4.69. The van der Waals surface area contributed by atoms with Crippen molar-refractivity contribution >= 4 is 23.5 Å². The van der Waals surface area contributed by atoms with Crippen LogP contribution in [0, 0.1) is 0 Å². The van der Waals surface area contributed by atoms with E-state index in [2.05, 4.69) is 0 Å². The average Bonchev–Trinajstić information content (AvgIpc) is 1.65. The van der Waals surface area contributed by atoms with Crippen LogP contribution in [0.4, 0.5) is 0 Å². The highest BCUT2D eigenvalue weighted by atomic mass is 35.5. The summed E-state index contributed by atoms with van der Waals surface area (Å²) in [6, 6.07) is 0. The van der Waals surface area contributed by atoms with Gasteiger partial charge >= 0.3 is 5.97 Å². The minimum atomic E-state index is -1.45. The van der Waals surface area contributed by atoms with Crippen molar-refractivity contribution in [2.45, 2.75) is 0 Å². The molecule has 0 radical (unpaired) electrons. The van der Waals surface area contributed by atoms with Crippen molar-refractivity contribution in [1.29, 1.82) is 0 Å². The zero-order valence-electron chi connectivity index (χ0n) is 3.14. The van der Waals surface area contributed by atoms with E-state index in [1.54, 1.807) is 0 Å². The van der Waals surface area contributed by atoms with E-state index >= 15 is 0 Å². The second-order valence-corrected chi connectivity index (χ2v) is 1.10. The Balaban J connectivity index is 4.10. The zero-order chi connectivity index (χ0) is 5.86. The third-order valence-corrected chi connectivity index (χ3v) is 0.516. The van der Waals surface area contributed by atoms with E-state index < -0.39 is 11.0 Å². The number of carbonyl (C=O) groups is 1. The molecule has 0 rings (SSSR count). The van der Waals surface area contributed by atoms with Gasteiger partial charge < -0.3 is 5.11 Å². The van der Waals surface area contributed by atoms with Crippen LogP contribution in [0.2, 0.25) is 0 Å². The molecular weight excluding hydrogens is 119 g/mol. The predicted molar refractivity (Wildman–Crippen MR) is 22.7 cm³/mol. The molecule has 7 heavy (non-hydrogen) atoms. The molecule has 0 aromatic heterocycles. The summed E-state index contributed by atoms with van der Waals surface area (Å²) < 4.78 is 0. The van der Waals surface area contributed by atoms with E-state index in [9.17, 15) is 9.59 Å². The SMILES string of the molecule is O=C=C(Cl)C(=O)O. The average molecular weight is 120 g/mol. The molecule has 0 aromatic carbocycles. The van der Waals surface area contributed by atoms with E-state index in [-0.39, 0.29) is 0 Å². The largest absolute Gasteiger partial charge is 0.476 e. The van der Waals surface area contributed by atoms with Crippen LogP contribution in [-0.4, -0.2) is 17.0 Å². The lowest BCUT2D eigenvalue weighted by atomic mass is 10.7. The number of hydrogen-bond donors (Lipinski definition) is 1. The maximum Gasteiger partial charge on any atom is 0.358 e. The first-order chi connectivity index (χ1) is 3.18. The third kappa shape index (κ3) is 1.98. The lowest BCUT2D eigenvalue weighted by Crippen LogP contribution is -1.92. The summed E-state index contributed by atoms with van der Waals surface area (Å²) in [7, 11) is 0. The minimum Gasteiger partial charge on any atom is -0.476 e. The van der Waals surface area contributed by atoms with Gasteiger partial charge in [-0.25, -0.2) is 9.59 Å². The Hall–Kier alpha value is -0.790. The predicted octanol–water partition coefficient (Wildman–Crippen LogP) is 0.0253. The molecule has 3 nitrogen and oxygen atoms in total. The molecule has 1 N–H and O–H groups in total. The van der Waals surface area contributed by atoms with Gasteiger partial charge in [0.25, 0.3) is 0 Å². The van der Waals surface area contributed by atoms with Gasteiger partial charge in [0.1, 0.15) is 0 Å². The highest BCUT2D eigenvalue weighted by Gasteiger charge is 2.00. The van der Waals surface area contributed by atoms with E-state index in [1.807, 2.05) is 0 Å². The van der Waals surface area contributed by atoms with Crippen molar-refractivity contribution in [3.63, 3.8) is 0 Å². The molecule has 0 bridgehead atoms. The molecule has 0 atom stereocenters. The first kappa shape index (κ1) is 6.21. The molecule has 0 unspecified atom stereocenters. The zero-order valence-corrected chi connectivity index (χ0v) is 3.90. The van der Waals surface area contributed by atoms with Crippen molar-refractivity contribution in [2.24, 2.45) is 0 Å². The Kier molecular flexibility index (Phi) is 2.12. The standard InChI is InChI=1S/C3HClO3/c4-2(1-5)3(6)7/h(H,6,7). The van der Waals surface area contributed by atoms with Gasteiger partial charge in [-0.15, -0.1) is 0 Å². The molecule has 0 heterocycles. The molecule has 0 saturated heterocycles. The number of carbonyl (C=O) groups excluding carboxylic acids is 1. The number of carboxylic acids is 1. The van der Waals surface area contributed by atoms with Crippen LogP contribution < -0.4 is 0 Å². The van der Waals surface area contributed by atoms with Gasteiger partial charge in [0.15, 0.2) is 5.94 Å². The summed E-state index contributed by atoms with van der Waals surface area (Å²) in [5, 5.41) is 6.93. The monoisotopic (exact) mass is 120 g/mol. The van der Waals surface area contributed by atoms with Crippen LogP contribution in [0.1, 0.15) is 0 Å². The first-order valence-corrected chi connectivity index (χ1v) is 1.70. The number of aliphatic carboxylic acids is 1. The van der Waals surface area contributed by atoms with Crippen molar-refractivity contribution in [3.8, 4) is 0 Å². The lowest BCUT2D eigenvalue weighted by molar-refractivity contribution is -0.131. The fraction of sp³-hybridized carbons (Fsp3) is 0. The highest BCUT2D eigenvalue weighted by Crippen LogP contribution is 1.91. The van der Waals surface area contributed by atoms with Gasteiger partial charge in [-0.05, 0) is 0 Å². The van der Waals surface area contributed by atoms with Crippen LogP contribution in [0.25, 0.3) is 0 Å². The van der Waals surface area contributed by atoms with Crippen molar-refractivity contribution in [2.75, 3.05) is 0 Å². The van der Waals surface area contributed by atoms with Crippen LogP contribution in [0.5, 0.6) is 0 Å². The minimum absolute atomic E-state index is 0.819. The molecule has 0 fully saturated rings. The number of rotatable bonds is 1. The Bertz CT molecular complexity index is 133. The number of halogens is 1. The quantitative estimate of drug-likeness (QED) is 0.392. The number of carboxylic acid groups (broad SMARTS) is 1. The Morgan fingerprint density at radius 3 is 2.14 bits per heavy atom. The van der Waals surface area contributed by atoms with Gasteiger partial charge in [0.2, 0.25) is 5.03 Å². The lowest BCUT2D eigenvalue weighted by Gasteiger charge is -1.74. The van der Waals surface area contributed by atoms with Crippen LogP contribution in [0.15, 0.2) is 5.03 Å². The molecule has 0 spiro atoms. The van der Waals surface area contributed by atoms with Crippen molar-refractivity contribution < 1.29 is 14.7 Å². The van der Waals surface area contributed by atoms with Crippen LogP contribution >= 0.6 is 11.6 Å². The third-order valence-electron chi connectivity index (χ3n) is 0.277. The summed E-state index contributed by atoms with van der Waals surface area (Å²) in [6.45, 7) is 0. The van der Waals surface area contributed by atoms with Gasteiger partial charge in [0.05, 0.1) is 0 Å². The molecule has 0 saturated carbocycles. The summed E-state index contributed by atoms with van der Waals surface area (Å²) in [4.78, 5) is 18.8. The maximum atomic E-state index is 9.50. The van der Waals surface area contributed by atoms with Gasteiger partial charge in [-0.1, -0.05) is 11.6 Å². The molecule has 0 aliphatic carbocycles. The molecule has 0 aromatic rings. The molecule has 0 aliphatic rings. The van der Waals surface area contributed by atoms with Crippen LogP contribution in [-0.2, 0) is 9.59 Å². The molecule has 0 amide bonds. The molecule has 4 heteroatoms. The van der Waals surface area contributed by atoms with E-state index in [0.29, 0.717) is 0 Å². The Labute approximate surface area is 44.2 Å². The first-order valence-electron chi connectivity index (χ1n) is 1.32. The van der Waals surface area contributed by atoms with E-state index in [0.717, 1.165) is 5.94 Å². The number of hydrogen-bond acceptors (Lipinski definition) is 2. The smallest absolute Gasteiger partial charge is 0.358 e. The fourth-order valence-electron chi connectivity index (χ4n) is 0.0437. The molecule has 38 valence electrons. The van der Waals surface area contributed by atoms with Crippen molar-refractivity contribution in [1.82, 2.24) is 0 Å². The normalized spacial score (nSPS) is 7.00. The van der Waals surface area contributed by atoms with Gasteiger partial charge in [0, 0.05) is 0 Å². The van der Waals surface area contributed by atoms with E-state index in [4.69, 9.17) is 16.7 Å². The Morgan fingerprint density at radius 1 is 1.71 bits per heavy atom. The molecular formula is C3HClO3. The maximum absolute atomic E-state index is 9.50.